The van der Waals surface area contributed by atoms with Crippen molar-refractivity contribution in [2.75, 3.05) is 26.3 Å². The highest BCUT2D eigenvalue weighted by Crippen LogP contribution is 2.36. The van der Waals surface area contributed by atoms with E-state index in [2.05, 4.69) is 34.1 Å². The summed E-state index contributed by atoms with van der Waals surface area (Å²) >= 11 is 1.55. The molecular weight excluding hydrogens is 386 g/mol. The fourth-order valence-electron chi connectivity index (χ4n) is 4.33. The molecule has 1 atom stereocenters. The normalized spacial score (nSPS) is 20.0. The monoisotopic (exact) mass is 413 g/mol. The Morgan fingerprint density at radius 3 is 2.69 bits per heavy atom. The average Bonchev–Trinajstić information content (AvgIpc) is 3.24. The van der Waals surface area contributed by atoms with Gasteiger partial charge in [0.15, 0.2) is 0 Å². The van der Waals surface area contributed by atoms with Gasteiger partial charge in [-0.05, 0) is 38.8 Å². The van der Waals surface area contributed by atoms with Crippen molar-refractivity contribution in [2.24, 2.45) is 5.41 Å². The molecule has 154 valence electrons. The zero-order valence-electron chi connectivity index (χ0n) is 16.9. The molecule has 0 amide bonds. The van der Waals surface area contributed by atoms with Crippen molar-refractivity contribution in [3.63, 3.8) is 0 Å². The molecule has 0 spiro atoms. The second kappa shape index (κ2) is 7.99. The minimum atomic E-state index is -0.253. The van der Waals surface area contributed by atoms with Crippen molar-refractivity contribution in [3.05, 3.63) is 50.9 Å². The van der Waals surface area contributed by atoms with Crippen LogP contribution < -0.4 is 5.56 Å². The lowest BCUT2D eigenvalue weighted by molar-refractivity contribution is 0.0943. The average molecular weight is 414 g/mol. The number of fused-ring (bicyclic) bond motifs is 1. The van der Waals surface area contributed by atoms with E-state index in [0.29, 0.717) is 30.7 Å². The van der Waals surface area contributed by atoms with E-state index >= 15 is 0 Å². The molecule has 1 aliphatic heterocycles. The maximum absolute atomic E-state index is 13.0. The van der Waals surface area contributed by atoms with Gasteiger partial charge in [0, 0.05) is 29.0 Å². The summed E-state index contributed by atoms with van der Waals surface area (Å²) in [5.74, 6) is 0.650. The Labute approximate surface area is 173 Å². The third-order valence-corrected chi connectivity index (χ3v) is 6.99. The lowest BCUT2D eigenvalue weighted by Crippen LogP contribution is -2.31. The molecule has 3 aromatic rings. The number of aromatic nitrogens is 2. The van der Waals surface area contributed by atoms with Crippen LogP contribution in [0.25, 0.3) is 21.3 Å². The maximum Gasteiger partial charge on any atom is 0.260 e. The van der Waals surface area contributed by atoms with Crippen LogP contribution in [0.3, 0.4) is 0 Å². The van der Waals surface area contributed by atoms with E-state index in [0.717, 1.165) is 33.8 Å². The third-order valence-electron chi connectivity index (χ3n) is 6.00. The van der Waals surface area contributed by atoms with Crippen LogP contribution in [0, 0.1) is 19.3 Å². The minimum Gasteiger partial charge on any atom is -0.396 e. The van der Waals surface area contributed by atoms with E-state index in [1.807, 2.05) is 13.8 Å². The van der Waals surface area contributed by atoms with Gasteiger partial charge in [-0.3, -0.25) is 9.69 Å². The number of thiophene rings is 1. The van der Waals surface area contributed by atoms with E-state index in [-0.39, 0.29) is 24.2 Å². The molecule has 0 bridgehead atoms. The van der Waals surface area contributed by atoms with Gasteiger partial charge in [0.25, 0.3) is 5.56 Å². The standard InChI is InChI=1S/C22H27N3O3S/c1-14-3-5-16(6-4-14)18-15(2)29-21-19(18)20(28)23-17(24-21)11-25-9-7-22(12-25,13-27)8-10-26/h3-6,26-27H,7-13H2,1-2H3,(H,23,24,28). The van der Waals surface area contributed by atoms with Gasteiger partial charge in [0.1, 0.15) is 10.7 Å². The fraction of sp³-hybridized carbons (Fsp3) is 0.455. The van der Waals surface area contributed by atoms with Crippen LogP contribution in [0.2, 0.25) is 0 Å². The van der Waals surface area contributed by atoms with Gasteiger partial charge in [-0.1, -0.05) is 29.8 Å². The van der Waals surface area contributed by atoms with Gasteiger partial charge in [-0.25, -0.2) is 4.98 Å². The van der Waals surface area contributed by atoms with E-state index in [4.69, 9.17) is 4.98 Å². The number of hydrogen-bond acceptors (Lipinski definition) is 6. The van der Waals surface area contributed by atoms with Crippen molar-refractivity contribution < 1.29 is 10.2 Å². The van der Waals surface area contributed by atoms with Gasteiger partial charge >= 0.3 is 0 Å². The largest absolute Gasteiger partial charge is 0.396 e. The highest BCUT2D eigenvalue weighted by atomic mass is 32.1. The number of hydrogen-bond donors (Lipinski definition) is 3. The molecule has 4 rings (SSSR count). The van der Waals surface area contributed by atoms with E-state index < -0.39 is 0 Å². The first kappa shape index (κ1) is 20.2. The second-order valence-corrected chi connectivity index (χ2v) is 9.39. The number of aromatic amines is 1. The molecule has 3 N–H and O–H groups in total. The van der Waals surface area contributed by atoms with Gasteiger partial charge in [-0.2, -0.15) is 0 Å². The summed E-state index contributed by atoms with van der Waals surface area (Å²) in [6.07, 6.45) is 1.43. The summed E-state index contributed by atoms with van der Waals surface area (Å²) in [7, 11) is 0. The SMILES string of the molecule is Cc1ccc(-c2c(C)sc3nc(CN4CCC(CO)(CCO)C4)[nH]c(=O)c23)cc1. The van der Waals surface area contributed by atoms with Crippen molar-refractivity contribution in [2.45, 2.75) is 33.2 Å². The van der Waals surface area contributed by atoms with Crippen LogP contribution in [0.15, 0.2) is 29.1 Å². The summed E-state index contributed by atoms with van der Waals surface area (Å²) in [6, 6.07) is 8.22. The van der Waals surface area contributed by atoms with Gasteiger partial charge in [0.05, 0.1) is 18.5 Å². The molecule has 3 heterocycles. The Morgan fingerprint density at radius 1 is 1.24 bits per heavy atom. The van der Waals surface area contributed by atoms with Gasteiger partial charge < -0.3 is 15.2 Å². The number of nitrogens with zero attached hydrogens (tertiary/aromatic N) is 2. The Bertz CT molecular complexity index is 1070. The first-order valence-corrected chi connectivity index (χ1v) is 10.8. The topological polar surface area (TPSA) is 89.4 Å². The number of aliphatic hydroxyl groups is 2. The first-order valence-electron chi connectivity index (χ1n) is 9.98. The molecule has 1 saturated heterocycles. The summed E-state index contributed by atoms with van der Waals surface area (Å²) < 4.78 is 0. The predicted molar refractivity (Wildman–Crippen MR) is 116 cm³/mol. The predicted octanol–water partition coefficient (Wildman–Crippen LogP) is 2.84. The molecule has 29 heavy (non-hydrogen) atoms. The number of aliphatic hydroxyl groups excluding tert-OH is 2. The van der Waals surface area contributed by atoms with Crippen molar-refractivity contribution in [1.82, 2.24) is 14.9 Å². The van der Waals surface area contributed by atoms with Crippen molar-refractivity contribution in [1.29, 1.82) is 0 Å². The van der Waals surface area contributed by atoms with E-state index in [1.165, 1.54) is 5.56 Å². The van der Waals surface area contributed by atoms with Crippen LogP contribution in [0.4, 0.5) is 0 Å². The first-order chi connectivity index (χ1) is 13.9. The highest BCUT2D eigenvalue weighted by molar-refractivity contribution is 7.19. The van der Waals surface area contributed by atoms with E-state index in [9.17, 15) is 15.0 Å². The zero-order chi connectivity index (χ0) is 20.6. The number of aryl methyl sites for hydroxylation is 2. The Hall–Kier alpha value is -2.06. The van der Waals surface area contributed by atoms with Crippen LogP contribution in [-0.2, 0) is 6.54 Å². The summed E-state index contributed by atoms with van der Waals surface area (Å²) in [6.45, 7) is 6.28. The second-order valence-electron chi connectivity index (χ2n) is 8.18. The molecule has 0 radical (unpaired) electrons. The number of benzene rings is 1. The molecule has 7 heteroatoms. The van der Waals surface area contributed by atoms with Crippen molar-refractivity contribution >= 4 is 21.6 Å². The van der Waals surface area contributed by atoms with Crippen LogP contribution in [0.5, 0.6) is 0 Å². The van der Waals surface area contributed by atoms with Crippen molar-refractivity contribution in [3.8, 4) is 11.1 Å². The number of likely N-dealkylation sites (tertiary alicyclic amines) is 1. The summed E-state index contributed by atoms with van der Waals surface area (Å²) in [5.41, 5.74) is 2.83. The Kier molecular flexibility index (Phi) is 5.57. The molecule has 1 unspecified atom stereocenters. The zero-order valence-corrected chi connectivity index (χ0v) is 17.7. The molecule has 1 aromatic carbocycles. The quantitative estimate of drug-likeness (QED) is 0.578. The molecular formula is C22H27N3O3S. The molecule has 6 nitrogen and oxygen atoms in total. The molecule has 0 saturated carbocycles. The lowest BCUT2D eigenvalue weighted by atomic mass is 9.85. The number of rotatable bonds is 6. The van der Waals surface area contributed by atoms with Crippen LogP contribution in [0.1, 0.15) is 29.1 Å². The highest BCUT2D eigenvalue weighted by Gasteiger charge is 2.37. The third kappa shape index (κ3) is 3.88. The minimum absolute atomic E-state index is 0.0665. The maximum atomic E-state index is 13.0. The van der Waals surface area contributed by atoms with Crippen LogP contribution >= 0.6 is 11.3 Å². The molecule has 1 aliphatic rings. The van der Waals surface area contributed by atoms with Gasteiger partial charge in [-0.15, -0.1) is 11.3 Å². The molecule has 0 aliphatic carbocycles. The molecule has 2 aromatic heterocycles. The molecule has 1 fully saturated rings. The lowest BCUT2D eigenvalue weighted by Gasteiger charge is -2.26. The fourth-order valence-corrected chi connectivity index (χ4v) is 5.39. The summed E-state index contributed by atoms with van der Waals surface area (Å²) in [4.78, 5) is 24.7. The Morgan fingerprint density at radius 2 is 2.00 bits per heavy atom. The smallest absolute Gasteiger partial charge is 0.260 e. The number of H-pyrrole nitrogens is 1. The van der Waals surface area contributed by atoms with Crippen LogP contribution in [-0.4, -0.2) is 51.4 Å². The summed E-state index contributed by atoms with van der Waals surface area (Å²) in [5, 5.41) is 19.7. The number of nitrogens with one attached hydrogen (secondary N) is 1. The Balaban J connectivity index is 1.64. The van der Waals surface area contributed by atoms with E-state index in [1.54, 1.807) is 11.3 Å². The van der Waals surface area contributed by atoms with Gasteiger partial charge in [0.2, 0.25) is 0 Å².